The van der Waals surface area contributed by atoms with Gasteiger partial charge in [-0.3, -0.25) is 4.98 Å². The van der Waals surface area contributed by atoms with Crippen molar-refractivity contribution in [2.75, 3.05) is 0 Å². The number of pyridine rings is 1. The number of rotatable bonds is 2. The fraction of sp³-hybridized carbons (Fsp3) is 0.500. The monoisotopic (exact) mass is 181 g/mol. The molecule has 1 fully saturated rings. The Morgan fingerprint density at radius 3 is 2.85 bits per heavy atom. The summed E-state index contributed by atoms with van der Waals surface area (Å²) in [6.45, 7) is 2.08. The average Bonchev–Trinajstić information content (AvgIpc) is 2.81. The topological polar surface area (TPSA) is 33.1 Å². The van der Waals surface area contributed by atoms with Gasteiger partial charge in [-0.15, -0.1) is 0 Å². The Hall–Kier alpha value is -0.960. The van der Waals surface area contributed by atoms with Crippen molar-refractivity contribution < 1.29 is 9.50 Å². The van der Waals surface area contributed by atoms with Gasteiger partial charge < -0.3 is 5.11 Å². The van der Waals surface area contributed by atoms with Gasteiger partial charge >= 0.3 is 0 Å². The van der Waals surface area contributed by atoms with Crippen molar-refractivity contribution in [3.8, 4) is 0 Å². The molecular weight excluding hydrogens is 169 g/mol. The van der Waals surface area contributed by atoms with E-state index >= 15 is 0 Å². The fourth-order valence-corrected chi connectivity index (χ4v) is 1.63. The zero-order chi connectivity index (χ0) is 9.42. The van der Waals surface area contributed by atoms with Crippen LogP contribution >= 0.6 is 0 Å². The van der Waals surface area contributed by atoms with Crippen molar-refractivity contribution >= 4 is 0 Å². The van der Waals surface area contributed by atoms with Gasteiger partial charge in [-0.2, -0.15) is 0 Å². The third-order valence-corrected chi connectivity index (χ3v) is 2.64. The van der Waals surface area contributed by atoms with E-state index < -0.39 is 6.10 Å². The molecular formula is C10H12FNO. The molecule has 0 saturated heterocycles. The Labute approximate surface area is 76.4 Å². The summed E-state index contributed by atoms with van der Waals surface area (Å²) in [5.41, 5.74) is 0.592. The van der Waals surface area contributed by atoms with Gasteiger partial charge in [-0.05, 0) is 24.3 Å². The molecule has 1 N–H and O–H groups in total. The summed E-state index contributed by atoms with van der Waals surface area (Å²) >= 11 is 0. The van der Waals surface area contributed by atoms with E-state index in [9.17, 15) is 9.50 Å². The highest BCUT2D eigenvalue weighted by atomic mass is 19.1. The standard InChI is InChI=1S/C10H12FNO/c1-6-2-9(6)10(13)7-3-8(11)5-12-4-7/h3-6,9-10,13H,2H2,1H3. The zero-order valence-corrected chi connectivity index (χ0v) is 7.44. The molecule has 3 unspecified atom stereocenters. The first-order valence-electron chi connectivity index (χ1n) is 4.47. The van der Waals surface area contributed by atoms with Crippen molar-refractivity contribution in [1.82, 2.24) is 4.98 Å². The van der Waals surface area contributed by atoms with E-state index in [1.165, 1.54) is 12.3 Å². The van der Waals surface area contributed by atoms with E-state index in [0.717, 1.165) is 12.6 Å². The van der Waals surface area contributed by atoms with Crippen molar-refractivity contribution in [3.63, 3.8) is 0 Å². The molecule has 3 atom stereocenters. The minimum atomic E-state index is -0.543. The third-order valence-electron chi connectivity index (χ3n) is 2.64. The van der Waals surface area contributed by atoms with Gasteiger partial charge in [-0.1, -0.05) is 6.92 Å². The smallest absolute Gasteiger partial charge is 0.141 e. The second kappa shape index (κ2) is 3.07. The number of nitrogens with zero attached hydrogens (tertiary/aromatic N) is 1. The molecule has 70 valence electrons. The molecule has 0 spiro atoms. The first-order chi connectivity index (χ1) is 6.18. The van der Waals surface area contributed by atoms with Crippen molar-refractivity contribution in [2.45, 2.75) is 19.4 Å². The minimum absolute atomic E-state index is 0.295. The molecule has 1 aliphatic carbocycles. The lowest BCUT2D eigenvalue weighted by molar-refractivity contribution is 0.147. The molecule has 0 radical (unpaired) electrons. The van der Waals surface area contributed by atoms with Gasteiger partial charge in [0.15, 0.2) is 0 Å². The molecule has 1 aliphatic rings. The zero-order valence-electron chi connectivity index (χ0n) is 7.44. The molecule has 0 amide bonds. The number of hydrogen-bond donors (Lipinski definition) is 1. The molecule has 2 nitrogen and oxygen atoms in total. The predicted octanol–water partition coefficient (Wildman–Crippen LogP) is 1.91. The Morgan fingerprint density at radius 1 is 1.62 bits per heavy atom. The van der Waals surface area contributed by atoms with E-state index in [2.05, 4.69) is 11.9 Å². The first kappa shape index (κ1) is 8.63. The van der Waals surface area contributed by atoms with Crippen LogP contribution in [-0.4, -0.2) is 10.1 Å². The average molecular weight is 181 g/mol. The van der Waals surface area contributed by atoms with E-state index in [1.54, 1.807) is 0 Å². The molecule has 1 heterocycles. The summed E-state index contributed by atoms with van der Waals surface area (Å²) in [6, 6.07) is 1.35. The van der Waals surface area contributed by atoms with Gasteiger partial charge in [-0.25, -0.2) is 4.39 Å². The third kappa shape index (κ3) is 1.70. The molecule has 13 heavy (non-hydrogen) atoms. The molecule has 0 bridgehead atoms. The van der Waals surface area contributed by atoms with E-state index in [4.69, 9.17) is 0 Å². The first-order valence-corrected chi connectivity index (χ1v) is 4.47. The summed E-state index contributed by atoms with van der Waals surface area (Å²) in [6.07, 6.45) is 3.15. The lowest BCUT2D eigenvalue weighted by Gasteiger charge is -2.08. The second-order valence-corrected chi connectivity index (χ2v) is 3.76. The van der Waals surface area contributed by atoms with Crippen LogP contribution in [-0.2, 0) is 0 Å². The number of hydrogen-bond acceptors (Lipinski definition) is 2. The number of halogens is 1. The Kier molecular flexibility index (Phi) is 2.04. The molecule has 0 aromatic carbocycles. The van der Waals surface area contributed by atoms with Gasteiger partial charge in [0.05, 0.1) is 12.3 Å². The minimum Gasteiger partial charge on any atom is -0.388 e. The molecule has 1 saturated carbocycles. The van der Waals surface area contributed by atoms with Crippen LogP contribution in [0.25, 0.3) is 0 Å². The summed E-state index contributed by atoms with van der Waals surface area (Å²) in [7, 11) is 0. The second-order valence-electron chi connectivity index (χ2n) is 3.76. The van der Waals surface area contributed by atoms with E-state index in [0.29, 0.717) is 17.4 Å². The van der Waals surface area contributed by atoms with Gasteiger partial charge in [0.25, 0.3) is 0 Å². The Bertz CT molecular complexity index is 316. The van der Waals surface area contributed by atoms with Crippen LogP contribution in [0.1, 0.15) is 25.0 Å². The summed E-state index contributed by atoms with van der Waals surface area (Å²) in [5, 5.41) is 9.75. The normalized spacial score (nSPS) is 28.5. The van der Waals surface area contributed by atoms with Crippen LogP contribution in [0.5, 0.6) is 0 Å². The quantitative estimate of drug-likeness (QED) is 0.756. The fourth-order valence-electron chi connectivity index (χ4n) is 1.63. The van der Waals surface area contributed by atoms with Crippen LogP contribution in [0.3, 0.4) is 0 Å². The molecule has 3 heteroatoms. The number of aromatic nitrogens is 1. The van der Waals surface area contributed by atoms with Crippen LogP contribution in [0.15, 0.2) is 18.5 Å². The number of aliphatic hydroxyl groups is 1. The predicted molar refractivity (Wildman–Crippen MR) is 46.4 cm³/mol. The van der Waals surface area contributed by atoms with Crippen LogP contribution in [0.4, 0.5) is 4.39 Å². The maximum absolute atomic E-state index is 12.7. The highest BCUT2D eigenvalue weighted by molar-refractivity contribution is 5.16. The summed E-state index contributed by atoms with van der Waals surface area (Å²) in [4.78, 5) is 3.71. The molecule has 2 rings (SSSR count). The molecule has 1 aromatic rings. The van der Waals surface area contributed by atoms with Crippen molar-refractivity contribution in [2.24, 2.45) is 11.8 Å². The maximum atomic E-state index is 12.7. The van der Waals surface area contributed by atoms with Crippen LogP contribution in [0.2, 0.25) is 0 Å². The highest BCUT2D eigenvalue weighted by Crippen LogP contribution is 2.46. The Balaban J connectivity index is 2.15. The van der Waals surface area contributed by atoms with E-state index in [-0.39, 0.29) is 5.82 Å². The molecule has 1 aromatic heterocycles. The number of aliphatic hydroxyl groups excluding tert-OH is 1. The maximum Gasteiger partial charge on any atom is 0.141 e. The highest BCUT2D eigenvalue weighted by Gasteiger charge is 2.39. The molecule has 0 aliphatic heterocycles. The summed E-state index contributed by atoms with van der Waals surface area (Å²) in [5.74, 6) is 0.465. The van der Waals surface area contributed by atoms with Crippen LogP contribution in [0, 0.1) is 17.7 Å². The lowest BCUT2D eigenvalue weighted by atomic mass is 10.1. The Morgan fingerprint density at radius 2 is 2.31 bits per heavy atom. The summed E-state index contributed by atoms with van der Waals surface area (Å²) < 4.78 is 12.7. The van der Waals surface area contributed by atoms with Gasteiger partial charge in [0, 0.05) is 11.8 Å². The van der Waals surface area contributed by atoms with Gasteiger partial charge in [0.2, 0.25) is 0 Å². The van der Waals surface area contributed by atoms with Gasteiger partial charge in [0.1, 0.15) is 5.82 Å². The lowest BCUT2D eigenvalue weighted by Crippen LogP contribution is -2.02. The largest absolute Gasteiger partial charge is 0.388 e. The van der Waals surface area contributed by atoms with Crippen molar-refractivity contribution in [3.05, 3.63) is 29.8 Å². The van der Waals surface area contributed by atoms with E-state index in [1.807, 2.05) is 0 Å². The van der Waals surface area contributed by atoms with Crippen LogP contribution < -0.4 is 0 Å². The van der Waals surface area contributed by atoms with Crippen molar-refractivity contribution in [1.29, 1.82) is 0 Å². The SMILES string of the molecule is CC1CC1C(O)c1cncc(F)c1.